The highest BCUT2D eigenvalue weighted by Crippen LogP contribution is 2.23. The first-order valence-corrected chi connectivity index (χ1v) is 8.21. The quantitative estimate of drug-likeness (QED) is 0.584. The topological polar surface area (TPSA) is 95.7 Å². The molecule has 0 saturated carbocycles. The van der Waals surface area contributed by atoms with Crippen LogP contribution in [0.4, 0.5) is 11.4 Å². The summed E-state index contributed by atoms with van der Waals surface area (Å²) in [5.41, 5.74) is 7.88. The van der Waals surface area contributed by atoms with Gasteiger partial charge in [0, 0.05) is 36.2 Å². The van der Waals surface area contributed by atoms with Crippen LogP contribution in [-0.2, 0) is 9.59 Å². The summed E-state index contributed by atoms with van der Waals surface area (Å²) in [7, 11) is 0. The molecule has 0 spiro atoms. The van der Waals surface area contributed by atoms with Gasteiger partial charge in [-0.15, -0.1) is 23.2 Å². The lowest BCUT2D eigenvalue weighted by Crippen LogP contribution is -2.37. The van der Waals surface area contributed by atoms with E-state index in [1.165, 1.54) is 0 Å². The molecule has 1 atom stereocenters. The highest BCUT2D eigenvalue weighted by atomic mass is 35.5. The lowest BCUT2D eigenvalue weighted by Gasteiger charge is -2.24. The van der Waals surface area contributed by atoms with Crippen LogP contribution < -0.4 is 16.0 Å². The fourth-order valence-electron chi connectivity index (χ4n) is 2.02. The third-order valence-corrected chi connectivity index (χ3v) is 3.62. The number of carbonyl (C=O) groups is 2. The van der Waals surface area contributed by atoms with Crippen molar-refractivity contribution < 1.29 is 14.7 Å². The van der Waals surface area contributed by atoms with E-state index < -0.39 is 24.3 Å². The molecule has 6 nitrogen and oxygen atoms in total. The van der Waals surface area contributed by atoms with E-state index >= 15 is 0 Å². The first kappa shape index (κ1) is 19.5. The maximum Gasteiger partial charge on any atom is 0.305 e. The minimum atomic E-state index is -1.12. The smallest absolute Gasteiger partial charge is 0.305 e. The van der Waals surface area contributed by atoms with Crippen LogP contribution in [0.5, 0.6) is 0 Å². The molecule has 128 valence electrons. The van der Waals surface area contributed by atoms with Gasteiger partial charge in [-0.25, -0.2) is 0 Å². The Morgan fingerprint density at radius 2 is 1.91 bits per heavy atom. The highest BCUT2D eigenvalue weighted by Gasteiger charge is 2.18. The van der Waals surface area contributed by atoms with Crippen molar-refractivity contribution in [3.05, 3.63) is 23.8 Å². The molecule has 1 amide bonds. The molecule has 1 aromatic carbocycles. The molecule has 0 saturated heterocycles. The molecule has 0 bridgehead atoms. The Kier molecular flexibility index (Phi) is 8.16. The van der Waals surface area contributed by atoms with E-state index in [1.807, 2.05) is 24.0 Å². The molecule has 0 aromatic heterocycles. The minimum Gasteiger partial charge on any atom is -0.481 e. The van der Waals surface area contributed by atoms with Gasteiger partial charge in [0.1, 0.15) is 0 Å². The van der Waals surface area contributed by atoms with Gasteiger partial charge in [0.15, 0.2) is 0 Å². The number of alkyl halides is 2. The number of nitrogens with one attached hydrogen (secondary N) is 1. The molecule has 0 aliphatic carbocycles. The zero-order chi connectivity index (χ0) is 17.4. The van der Waals surface area contributed by atoms with Crippen LogP contribution >= 0.6 is 23.2 Å². The number of aliphatic carboxylic acids is 1. The summed E-state index contributed by atoms with van der Waals surface area (Å²) in [4.78, 5) is 24.6. The Bertz CT molecular complexity index is 549. The molecule has 0 unspecified atom stereocenters. The van der Waals surface area contributed by atoms with E-state index in [9.17, 15) is 9.59 Å². The van der Waals surface area contributed by atoms with Crippen LogP contribution in [0, 0.1) is 6.92 Å². The van der Waals surface area contributed by atoms with Gasteiger partial charge in [0.25, 0.3) is 0 Å². The zero-order valence-corrected chi connectivity index (χ0v) is 14.4. The molecule has 23 heavy (non-hydrogen) atoms. The maximum atomic E-state index is 12.0. The maximum absolute atomic E-state index is 12.0. The van der Waals surface area contributed by atoms with Crippen LogP contribution in [-0.4, -0.2) is 47.9 Å². The molecule has 0 radical (unpaired) electrons. The molecule has 1 rings (SSSR count). The zero-order valence-electron chi connectivity index (χ0n) is 12.9. The summed E-state index contributed by atoms with van der Waals surface area (Å²) in [6.45, 7) is 3.10. The summed E-state index contributed by atoms with van der Waals surface area (Å²) in [6, 6.07) is 4.49. The predicted octanol–water partition coefficient (Wildman–Crippen LogP) is 2.02. The van der Waals surface area contributed by atoms with Gasteiger partial charge < -0.3 is 21.1 Å². The second-order valence-electron chi connectivity index (χ2n) is 5.06. The number of nitrogens with zero attached hydrogens (tertiary/aromatic N) is 1. The summed E-state index contributed by atoms with van der Waals surface area (Å²) in [5.74, 6) is -0.742. The Morgan fingerprint density at radius 1 is 1.30 bits per heavy atom. The molecule has 0 heterocycles. The Hall–Kier alpha value is -1.50. The number of hydrogen-bond donors (Lipinski definition) is 3. The van der Waals surface area contributed by atoms with Crippen molar-refractivity contribution in [2.75, 3.05) is 35.1 Å². The van der Waals surface area contributed by atoms with E-state index in [-0.39, 0.29) is 0 Å². The number of nitrogens with two attached hydrogens (primary N) is 1. The van der Waals surface area contributed by atoms with Crippen LogP contribution in [0.2, 0.25) is 0 Å². The molecule has 0 fully saturated rings. The van der Waals surface area contributed by atoms with E-state index in [2.05, 4.69) is 5.32 Å². The first-order valence-electron chi connectivity index (χ1n) is 7.14. The van der Waals surface area contributed by atoms with Gasteiger partial charge in [0.05, 0.1) is 12.5 Å². The average molecular weight is 362 g/mol. The van der Waals surface area contributed by atoms with Crippen LogP contribution in [0.15, 0.2) is 18.2 Å². The standard InChI is InChI=1S/C15H21Cl2N3O3/c1-10-2-3-11(20(6-4-16)7-5-17)8-13(10)19-15(23)12(18)9-14(21)22/h2-3,8,12H,4-7,9,18H2,1H3,(H,19,23)(H,21,22)/t12-/m1/s1. The summed E-state index contributed by atoms with van der Waals surface area (Å²) >= 11 is 11.6. The van der Waals surface area contributed by atoms with E-state index in [0.717, 1.165) is 11.3 Å². The highest BCUT2D eigenvalue weighted by molar-refractivity contribution is 6.18. The van der Waals surface area contributed by atoms with Gasteiger partial charge in [-0.3, -0.25) is 9.59 Å². The third-order valence-electron chi connectivity index (χ3n) is 3.28. The summed E-state index contributed by atoms with van der Waals surface area (Å²) in [6.07, 6.45) is -0.421. The lowest BCUT2D eigenvalue weighted by molar-refractivity contribution is -0.138. The first-order chi connectivity index (χ1) is 10.9. The van der Waals surface area contributed by atoms with E-state index in [0.29, 0.717) is 30.5 Å². The van der Waals surface area contributed by atoms with Gasteiger partial charge in [-0.05, 0) is 24.6 Å². The molecule has 0 aliphatic rings. The molecular formula is C15H21Cl2N3O3. The normalized spacial score (nSPS) is 11.8. The van der Waals surface area contributed by atoms with Crippen molar-refractivity contribution in [3.8, 4) is 0 Å². The monoisotopic (exact) mass is 361 g/mol. The number of halogens is 2. The van der Waals surface area contributed by atoms with Crippen molar-refractivity contribution in [1.82, 2.24) is 0 Å². The average Bonchev–Trinajstić information content (AvgIpc) is 2.48. The van der Waals surface area contributed by atoms with Crippen molar-refractivity contribution in [2.45, 2.75) is 19.4 Å². The predicted molar refractivity (Wildman–Crippen MR) is 93.7 cm³/mol. The molecule has 0 aliphatic heterocycles. The molecule has 1 aromatic rings. The summed E-state index contributed by atoms with van der Waals surface area (Å²) < 4.78 is 0. The number of carboxylic acid groups (broad SMARTS) is 1. The Morgan fingerprint density at radius 3 is 2.43 bits per heavy atom. The van der Waals surface area contributed by atoms with Crippen LogP contribution in [0.3, 0.4) is 0 Å². The number of anilines is 2. The van der Waals surface area contributed by atoms with E-state index in [1.54, 1.807) is 6.07 Å². The lowest BCUT2D eigenvalue weighted by atomic mass is 10.1. The number of benzene rings is 1. The SMILES string of the molecule is Cc1ccc(N(CCCl)CCCl)cc1NC(=O)[C@H](N)CC(=O)O. The minimum absolute atomic E-state index is 0.421. The van der Waals surface area contributed by atoms with Crippen LogP contribution in [0.25, 0.3) is 0 Å². The second-order valence-corrected chi connectivity index (χ2v) is 5.81. The van der Waals surface area contributed by atoms with Gasteiger partial charge in [0.2, 0.25) is 5.91 Å². The Balaban J connectivity index is 2.92. The fourth-order valence-corrected chi connectivity index (χ4v) is 2.43. The van der Waals surface area contributed by atoms with Crippen LogP contribution in [0.1, 0.15) is 12.0 Å². The number of rotatable bonds is 9. The Labute approximate surface area is 145 Å². The van der Waals surface area contributed by atoms with Crippen molar-refractivity contribution in [2.24, 2.45) is 5.73 Å². The van der Waals surface area contributed by atoms with E-state index in [4.69, 9.17) is 34.0 Å². The number of amides is 1. The van der Waals surface area contributed by atoms with Crippen molar-refractivity contribution in [1.29, 1.82) is 0 Å². The third kappa shape index (κ3) is 6.25. The number of aryl methyl sites for hydroxylation is 1. The number of carbonyl (C=O) groups excluding carboxylic acids is 1. The fraction of sp³-hybridized carbons (Fsp3) is 0.467. The largest absolute Gasteiger partial charge is 0.481 e. The number of hydrogen-bond acceptors (Lipinski definition) is 4. The second kappa shape index (κ2) is 9.60. The van der Waals surface area contributed by atoms with Crippen molar-refractivity contribution >= 4 is 46.5 Å². The van der Waals surface area contributed by atoms with Gasteiger partial charge in [-0.1, -0.05) is 6.07 Å². The molecule has 8 heteroatoms. The van der Waals surface area contributed by atoms with Gasteiger partial charge in [-0.2, -0.15) is 0 Å². The van der Waals surface area contributed by atoms with Crippen molar-refractivity contribution in [3.63, 3.8) is 0 Å². The molecular weight excluding hydrogens is 341 g/mol. The molecule has 4 N–H and O–H groups in total. The summed E-state index contributed by atoms with van der Waals surface area (Å²) in [5, 5.41) is 11.4. The van der Waals surface area contributed by atoms with Gasteiger partial charge >= 0.3 is 5.97 Å². The number of carboxylic acids is 1.